The third-order valence-corrected chi connectivity index (χ3v) is 7.92. The molecule has 3 aliphatic heterocycles. The Balaban J connectivity index is 1.40. The van der Waals surface area contributed by atoms with Gasteiger partial charge >= 0.3 is 0 Å². The Labute approximate surface area is 222 Å². The molecule has 2 aromatic carbocycles. The van der Waals surface area contributed by atoms with Crippen molar-refractivity contribution in [1.29, 1.82) is 0 Å². The van der Waals surface area contributed by atoms with Crippen LogP contribution in [-0.4, -0.2) is 71.6 Å². The number of nitrogens with zero attached hydrogens (tertiary/aromatic N) is 2. The average Bonchev–Trinajstić information content (AvgIpc) is 3.22. The first kappa shape index (κ1) is 26.4. The second kappa shape index (κ2) is 10.8. The first-order valence-electron chi connectivity index (χ1n) is 12.9. The maximum atomic E-state index is 14.1. The van der Waals surface area contributed by atoms with Crippen LogP contribution in [0.25, 0.3) is 0 Å². The highest BCUT2D eigenvalue weighted by molar-refractivity contribution is 5.87. The van der Waals surface area contributed by atoms with Crippen LogP contribution >= 0.6 is 0 Å². The van der Waals surface area contributed by atoms with Crippen LogP contribution in [0.5, 0.6) is 11.5 Å². The Bertz CT molecular complexity index is 1230. The zero-order chi connectivity index (χ0) is 26.9. The zero-order valence-corrected chi connectivity index (χ0v) is 21.4. The summed E-state index contributed by atoms with van der Waals surface area (Å²) >= 11 is 0. The molecule has 1 amide bonds. The zero-order valence-electron chi connectivity index (χ0n) is 21.4. The quantitative estimate of drug-likeness (QED) is 0.362. The van der Waals surface area contributed by atoms with Crippen molar-refractivity contribution in [2.75, 3.05) is 26.8 Å². The van der Waals surface area contributed by atoms with E-state index in [4.69, 9.17) is 10.5 Å². The summed E-state index contributed by atoms with van der Waals surface area (Å²) in [5, 5.41) is 18.0. The molecule has 38 heavy (non-hydrogen) atoms. The molecule has 3 saturated heterocycles. The number of hydrogen-bond donors (Lipinski definition) is 4. The summed E-state index contributed by atoms with van der Waals surface area (Å²) < 4.78 is 19.8. The number of para-hydroxylation sites is 1. The van der Waals surface area contributed by atoms with Crippen LogP contribution in [0.1, 0.15) is 24.3 Å². The first-order chi connectivity index (χ1) is 18.3. The van der Waals surface area contributed by atoms with E-state index in [9.17, 15) is 14.3 Å². The fourth-order valence-corrected chi connectivity index (χ4v) is 5.79. The first-order valence-corrected chi connectivity index (χ1v) is 12.9. The van der Waals surface area contributed by atoms with E-state index in [1.165, 1.54) is 12.1 Å². The second-order valence-electron chi connectivity index (χ2n) is 10.2. The van der Waals surface area contributed by atoms with E-state index in [0.717, 1.165) is 5.56 Å². The number of likely N-dealkylation sites (N-methyl/N-ethyl adjacent to an activating group) is 1. The van der Waals surface area contributed by atoms with Gasteiger partial charge in [-0.05, 0) is 43.0 Å². The van der Waals surface area contributed by atoms with Crippen LogP contribution in [0.2, 0.25) is 0 Å². The summed E-state index contributed by atoms with van der Waals surface area (Å²) in [5.41, 5.74) is 6.42. The SMILES string of the molecule is C=CC(=O)N1CCC(O)(C#CC2C(c3ccc(Oc4ccccc4F)cc3)C3C(N)NCNC3N2C)CC1. The number of nitrogens with one attached hydrogen (secondary N) is 2. The van der Waals surface area contributed by atoms with Gasteiger partial charge in [0.05, 0.1) is 18.4 Å². The van der Waals surface area contributed by atoms with E-state index in [1.807, 2.05) is 31.3 Å². The number of carbonyl (C=O) groups is 1. The standard InChI is InChI=1S/C29H34FN5O3/c1-3-24(36)35-16-14-29(37,15-17-35)13-12-22-25(26-27(31)32-18-33-28(26)34(22)2)19-8-10-20(11-9-19)38-23-7-5-4-6-21(23)30/h3-11,22,25-28,32-33,37H,1,14-18,31H2,2H3. The average molecular weight is 520 g/mol. The van der Waals surface area contributed by atoms with Crippen LogP contribution in [0, 0.1) is 23.6 Å². The van der Waals surface area contributed by atoms with Gasteiger partial charge in [-0.15, -0.1) is 0 Å². The lowest BCUT2D eigenvalue weighted by Crippen LogP contribution is -2.62. The third kappa shape index (κ3) is 5.19. The van der Waals surface area contributed by atoms with Gasteiger partial charge in [-0.3, -0.25) is 20.3 Å². The Kier molecular flexibility index (Phi) is 7.52. The highest BCUT2D eigenvalue weighted by atomic mass is 19.1. The molecule has 0 saturated carbocycles. The van der Waals surface area contributed by atoms with Crippen molar-refractivity contribution in [2.24, 2.45) is 11.7 Å². The van der Waals surface area contributed by atoms with Crippen LogP contribution in [0.3, 0.4) is 0 Å². The summed E-state index contributed by atoms with van der Waals surface area (Å²) in [6.45, 7) is 5.01. The molecule has 0 aliphatic carbocycles. The molecule has 8 nitrogen and oxygen atoms in total. The van der Waals surface area contributed by atoms with Gasteiger partial charge in [-0.1, -0.05) is 42.7 Å². The van der Waals surface area contributed by atoms with Crippen molar-refractivity contribution in [1.82, 2.24) is 20.4 Å². The Hall–Kier alpha value is -3.26. The number of halogens is 1. The Morgan fingerprint density at radius 3 is 2.61 bits per heavy atom. The number of ether oxygens (including phenoxy) is 1. The minimum absolute atomic E-state index is 0.00611. The van der Waals surface area contributed by atoms with Crippen LogP contribution < -0.4 is 21.1 Å². The van der Waals surface area contributed by atoms with Gasteiger partial charge in [0.2, 0.25) is 5.91 Å². The minimum atomic E-state index is -1.16. The monoisotopic (exact) mass is 519 g/mol. The lowest BCUT2D eigenvalue weighted by atomic mass is 9.80. The summed E-state index contributed by atoms with van der Waals surface area (Å²) in [7, 11) is 2.02. The normalized spacial score (nSPS) is 28.6. The fourth-order valence-electron chi connectivity index (χ4n) is 5.79. The van der Waals surface area contributed by atoms with Crippen LogP contribution in [0.4, 0.5) is 4.39 Å². The lowest BCUT2D eigenvalue weighted by Gasteiger charge is -2.37. The van der Waals surface area contributed by atoms with Gasteiger partial charge in [0.1, 0.15) is 11.4 Å². The predicted molar refractivity (Wildman–Crippen MR) is 142 cm³/mol. The maximum Gasteiger partial charge on any atom is 0.245 e. The summed E-state index contributed by atoms with van der Waals surface area (Å²) in [6, 6.07) is 13.7. The molecule has 200 valence electrons. The van der Waals surface area contributed by atoms with Crippen molar-refractivity contribution in [3.63, 3.8) is 0 Å². The summed E-state index contributed by atoms with van der Waals surface area (Å²) in [4.78, 5) is 15.8. The number of rotatable bonds is 4. The summed E-state index contributed by atoms with van der Waals surface area (Å²) in [5.74, 6) is 6.67. The Morgan fingerprint density at radius 2 is 1.92 bits per heavy atom. The van der Waals surface area contributed by atoms with Crippen LogP contribution in [-0.2, 0) is 4.79 Å². The predicted octanol–water partition coefficient (Wildman–Crippen LogP) is 1.94. The third-order valence-electron chi connectivity index (χ3n) is 7.92. The fraction of sp³-hybridized carbons (Fsp3) is 0.414. The van der Waals surface area contributed by atoms with E-state index < -0.39 is 11.4 Å². The molecular weight excluding hydrogens is 485 g/mol. The van der Waals surface area contributed by atoms with Crippen molar-refractivity contribution >= 4 is 5.91 Å². The van der Waals surface area contributed by atoms with E-state index >= 15 is 0 Å². The topological polar surface area (TPSA) is 103 Å². The minimum Gasteiger partial charge on any atom is -0.454 e. The second-order valence-corrected chi connectivity index (χ2v) is 10.2. The molecule has 3 aliphatic rings. The molecule has 5 rings (SSSR count). The van der Waals surface area contributed by atoms with Crippen molar-refractivity contribution in [3.8, 4) is 23.3 Å². The maximum absolute atomic E-state index is 14.1. The van der Waals surface area contributed by atoms with Gasteiger partial charge in [-0.2, -0.15) is 0 Å². The van der Waals surface area contributed by atoms with E-state index in [-0.39, 0.29) is 41.9 Å². The number of fused-ring (bicyclic) bond motifs is 1. The van der Waals surface area contributed by atoms with E-state index in [1.54, 1.807) is 23.1 Å². The molecule has 9 heteroatoms. The van der Waals surface area contributed by atoms with Gasteiger partial charge < -0.3 is 20.5 Å². The number of likely N-dealkylation sites (tertiary alicyclic amines) is 2. The van der Waals surface area contributed by atoms with Crippen molar-refractivity contribution < 1.29 is 19.0 Å². The molecular formula is C29H34FN5O3. The molecule has 5 atom stereocenters. The number of amides is 1. The van der Waals surface area contributed by atoms with Gasteiger partial charge in [0.15, 0.2) is 11.6 Å². The van der Waals surface area contributed by atoms with Gasteiger partial charge in [-0.25, -0.2) is 4.39 Å². The molecule has 5 N–H and O–H groups in total. The molecule has 0 bridgehead atoms. The number of benzene rings is 2. The number of piperidine rings is 1. The molecule has 0 aromatic heterocycles. The van der Waals surface area contributed by atoms with E-state index in [0.29, 0.717) is 38.3 Å². The number of carbonyl (C=O) groups excluding carboxylic acids is 1. The largest absolute Gasteiger partial charge is 0.454 e. The molecule has 0 radical (unpaired) electrons. The van der Waals surface area contributed by atoms with Crippen LogP contribution in [0.15, 0.2) is 61.2 Å². The number of nitrogens with two attached hydrogens (primary N) is 1. The lowest BCUT2D eigenvalue weighted by molar-refractivity contribution is -0.128. The smallest absolute Gasteiger partial charge is 0.245 e. The Morgan fingerprint density at radius 1 is 1.21 bits per heavy atom. The van der Waals surface area contributed by atoms with Gasteiger partial charge in [0.25, 0.3) is 0 Å². The van der Waals surface area contributed by atoms with E-state index in [2.05, 4.69) is 34.0 Å². The molecule has 3 fully saturated rings. The number of aliphatic hydroxyl groups is 1. The molecule has 5 unspecified atom stereocenters. The van der Waals surface area contributed by atoms with Gasteiger partial charge in [0, 0.05) is 44.4 Å². The van der Waals surface area contributed by atoms with Crippen molar-refractivity contribution in [2.45, 2.75) is 42.7 Å². The highest BCUT2D eigenvalue weighted by Gasteiger charge is 2.51. The summed E-state index contributed by atoms with van der Waals surface area (Å²) in [6.07, 6.45) is 1.83. The number of hydrogen-bond acceptors (Lipinski definition) is 7. The van der Waals surface area contributed by atoms with Crippen molar-refractivity contribution in [3.05, 3.63) is 72.6 Å². The molecule has 2 aromatic rings. The molecule has 3 heterocycles. The molecule has 0 spiro atoms. The highest BCUT2D eigenvalue weighted by Crippen LogP contribution is 2.43.